The maximum atomic E-state index is 12.3. The van der Waals surface area contributed by atoms with E-state index in [1.165, 1.54) is 5.56 Å². The van der Waals surface area contributed by atoms with Crippen molar-refractivity contribution in [1.29, 1.82) is 0 Å². The topological polar surface area (TPSA) is 17.1 Å². The molecule has 1 unspecified atom stereocenters. The van der Waals surface area contributed by atoms with Crippen molar-refractivity contribution in [3.8, 4) is 0 Å². The molecule has 0 saturated carbocycles. The van der Waals surface area contributed by atoms with Crippen LogP contribution in [0.15, 0.2) is 30.3 Å². The Kier molecular flexibility index (Phi) is 5.13. The zero-order valence-corrected chi connectivity index (χ0v) is 12.5. The summed E-state index contributed by atoms with van der Waals surface area (Å²) >= 11 is 0. The maximum absolute atomic E-state index is 12.3. The largest absolute Gasteiger partial charge is 0.305 e. The smallest absolute Gasteiger partial charge is 0.124 e. The van der Waals surface area contributed by atoms with Crippen molar-refractivity contribution in [2.75, 3.05) is 0 Å². The lowest BCUT2D eigenvalue weighted by molar-refractivity contribution is -0.116. The van der Waals surface area contributed by atoms with E-state index in [2.05, 4.69) is 50.8 Å². The second kappa shape index (κ2) is 6.15. The van der Waals surface area contributed by atoms with Gasteiger partial charge in [-0.15, -0.1) is 0 Å². The van der Waals surface area contributed by atoms with Crippen LogP contribution in [-0.4, -0.2) is 13.5 Å². The molecule has 0 spiro atoms. The van der Waals surface area contributed by atoms with Crippen LogP contribution in [0, 0.1) is 5.92 Å². The molecular weight excluding hydrogens is 224 g/mol. The lowest BCUT2D eigenvalue weighted by Gasteiger charge is -2.22. The molecule has 0 amide bonds. The van der Waals surface area contributed by atoms with E-state index < -0.39 is 8.07 Å². The van der Waals surface area contributed by atoms with E-state index in [0.29, 0.717) is 5.41 Å². The van der Waals surface area contributed by atoms with Gasteiger partial charge < -0.3 is 4.79 Å². The monoisotopic (exact) mass is 248 g/mol. The normalized spacial score (nSPS) is 13.4. The lowest BCUT2D eigenvalue weighted by atomic mass is 9.98. The molecule has 0 aliphatic carbocycles. The van der Waals surface area contributed by atoms with Crippen LogP contribution in [0.4, 0.5) is 0 Å². The highest BCUT2D eigenvalue weighted by molar-refractivity contribution is 7.03. The fourth-order valence-electron chi connectivity index (χ4n) is 2.12. The summed E-state index contributed by atoms with van der Waals surface area (Å²) in [4.78, 5) is 12.3. The highest BCUT2D eigenvalue weighted by atomic mass is 28.3. The molecule has 1 nitrogen and oxygen atoms in total. The average molecular weight is 248 g/mol. The molecule has 0 aliphatic rings. The van der Waals surface area contributed by atoms with Crippen molar-refractivity contribution in [2.45, 2.75) is 45.8 Å². The summed E-state index contributed by atoms with van der Waals surface area (Å²) in [5.41, 5.74) is 1.34. The molecule has 1 rings (SSSR count). The molecule has 94 valence electrons. The van der Waals surface area contributed by atoms with Crippen molar-refractivity contribution < 1.29 is 4.79 Å². The van der Waals surface area contributed by atoms with Gasteiger partial charge in [0.1, 0.15) is 13.5 Å². The zero-order chi connectivity index (χ0) is 12.9. The first-order valence-corrected chi connectivity index (χ1v) is 10.0. The van der Waals surface area contributed by atoms with Gasteiger partial charge in [0.2, 0.25) is 0 Å². The van der Waals surface area contributed by atoms with Crippen LogP contribution in [0.5, 0.6) is 0 Å². The quantitative estimate of drug-likeness (QED) is 0.693. The second-order valence-electron chi connectivity index (χ2n) is 5.74. The fraction of sp³-hybridized carbons (Fsp3) is 0.533. The molecule has 17 heavy (non-hydrogen) atoms. The Bertz CT molecular complexity index is 351. The van der Waals surface area contributed by atoms with Gasteiger partial charge in [0.15, 0.2) is 0 Å². The Morgan fingerprint density at radius 1 is 1.18 bits per heavy atom. The summed E-state index contributed by atoms with van der Waals surface area (Å²) in [6, 6.07) is 10.5. The summed E-state index contributed by atoms with van der Waals surface area (Å²) in [7, 11) is -1.62. The Labute approximate surface area is 106 Å². The van der Waals surface area contributed by atoms with Crippen LogP contribution in [0.25, 0.3) is 0 Å². The third-order valence-electron chi connectivity index (χ3n) is 3.23. The number of benzene rings is 1. The summed E-state index contributed by atoms with van der Waals surface area (Å²) in [6.45, 7) is 8.59. The molecule has 1 aromatic carbocycles. The van der Waals surface area contributed by atoms with Gasteiger partial charge in [-0.3, -0.25) is 0 Å². The van der Waals surface area contributed by atoms with E-state index >= 15 is 0 Å². The molecule has 0 aromatic heterocycles. The summed E-state index contributed by atoms with van der Waals surface area (Å²) in [6.07, 6.45) is 3.01. The zero-order valence-electron chi connectivity index (χ0n) is 11.5. The van der Waals surface area contributed by atoms with Crippen LogP contribution in [0.3, 0.4) is 0 Å². The average Bonchev–Trinajstić information content (AvgIpc) is 2.30. The molecule has 0 N–H and O–H groups in total. The number of carbonyl (C=O) groups is 1. The first kappa shape index (κ1) is 14.2. The van der Waals surface area contributed by atoms with E-state index in [4.69, 9.17) is 0 Å². The summed E-state index contributed by atoms with van der Waals surface area (Å²) in [5.74, 6) is 0.266. The van der Waals surface area contributed by atoms with Gasteiger partial charge in [0, 0.05) is 5.92 Å². The number of hydrogen-bond donors (Lipinski definition) is 0. The first-order chi connectivity index (χ1) is 7.95. The van der Waals surface area contributed by atoms with Gasteiger partial charge in [-0.05, 0) is 24.8 Å². The molecule has 0 aliphatic heterocycles. The van der Waals surface area contributed by atoms with Gasteiger partial charge in [-0.2, -0.15) is 0 Å². The van der Waals surface area contributed by atoms with Crippen molar-refractivity contribution in [2.24, 2.45) is 5.92 Å². The molecular formula is C15H24OSi. The minimum Gasteiger partial charge on any atom is -0.305 e. The molecule has 0 radical (unpaired) electrons. The van der Waals surface area contributed by atoms with Gasteiger partial charge in [0.25, 0.3) is 0 Å². The molecule has 0 saturated heterocycles. The highest BCUT2D eigenvalue weighted by Gasteiger charge is 2.29. The summed E-state index contributed by atoms with van der Waals surface area (Å²) in [5, 5.41) is 0.538. The van der Waals surface area contributed by atoms with Crippen LogP contribution in [0.1, 0.15) is 25.3 Å². The fourth-order valence-corrected chi connectivity index (χ4v) is 3.69. The first-order valence-electron chi connectivity index (χ1n) is 6.53. The molecule has 2 heteroatoms. The Hall–Kier alpha value is -0.893. The SMILES string of the molecule is CCC(CCc1ccccc1)C(=O)[Si](C)(C)C. The third-order valence-corrected chi connectivity index (χ3v) is 5.11. The van der Waals surface area contributed by atoms with Gasteiger partial charge >= 0.3 is 0 Å². The number of aryl methyl sites for hydroxylation is 1. The predicted octanol–water partition coefficient (Wildman–Crippen LogP) is 4.09. The van der Waals surface area contributed by atoms with Crippen molar-refractivity contribution >= 4 is 13.5 Å². The molecule has 0 fully saturated rings. The molecule has 1 aromatic rings. The third kappa shape index (κ3) is 4.47. The van der Waals surface area contributed by atoms with E-state index in [-0.39, 0.29) is 5.92 Å². The Morgan fingerprint density at radius 2 is 1.76 bits per heavy atom. The standard InChI is InChI=1S/C15H24OSi/c1-5-14(15(16)17(2,3)4)12-11-13-9-7-6-8-10-13/h6-10,14H,5,11-12H2,1-4H3. The minimum absolute atomic E-state index is 0.266. The van der Waals surface area contributed by atoms with Crippen molar-refractivity contribution in [1.82, 2.24) is 0 Å². The number of rotatable bonds is 6. The number of carbonyl (C=O) groups excluding carboxylic acids is 1. The molecule has 0 bridgehead atoms. The van der Waals surface area contributed by atoms with E-state index in [9.17, 15) is 4.79 Å². The van der Waals surface area contributed by atoms with E-state index in [1.807, 2.05) is 6.07 Å². The highest BCUT2D eigenvalue weighted by Crippen LogP contribution is 2.19. The van der Waals surface area contributed by atoms with Crippen LogP contribution in [0.2, 0.25) is 19.6 Å². The van der Waals surface area contributed by atoms with Crippen LogP contribution in [-0.2, 0) is 11.2 Å². The summed E-state index contributed by atoms with van der Waals surface area (Å²) < 4.78 is 0. The Morgan fingerprint density at radius 3 is 2.24 bits per heavy atom. The predicted molar refractivity (Wildman–Crippen MR) is 76.9 cm³/mol. The van der Waals surface area contributed by atoms with Gasteiger partial charge in [-0.1, -0.05) is 56.9 Å². The van der Waals surface area contributed by atoms with Gasteiger partial charge in [-0.25, -0.2) is 0 Å². The van der Waals surface area contributed by atoms with E-state index in [1.54, 1.807) is 0 Å². The van der Waals surface area contributed by atoms with Gasteiger partial charge in [0.05, 0.1) is 0 Å². The second-order valence-corrected chi connectivity index (χ2v) is 10.7. The van der Waals surface area contributed by atoms with Crippen LogP contribution < -0.4 is 0 Å². The molecule has 1 atom stereocenters. The number of hydrogen-bond acceptors (Lipinski definition) is 1. The molecule has 0 heterocycles. The van der Waals surface area contributed by atoms with Crippen molar-refractivity contribution in [3.63, 3.8) is 0 Å². The van der Waals surface area contributed by atoms with E-state index in [0.717, 1.165) is 19.3 Å². The van der Waals surface area contributed by atoms with Crippen molar-refractivity contribution in [3.05, 3.63) is 35.9 Å². The lowest BCUT2D eigenvalue weighted by Crippen LogP contribution is -2.38. The minimum atomic E-state index is -1.62. The Balaban J connectivity index is 2.57. The van der Waals surface area contributed by atoms with Crippen LogP contribution >= 0.6 is 0 Å². The maximum Gasteiger partial charge on any atom is 0.124 e.